The lowest BCUT2D eigenvalue weighted by molar-refractivity contribution is 0.115. The van der Waals surface area contributed by atoms with Crippen LogP contribution in [-0.2, 0) is 0 Å². The van der Waals surface area contributed by atoms with Gasteiger partial charge in [0, 0.05) is 19.2 Å². The average Bonchev–Trinajstić information content (AvgIpc) is 2.09. The molecule has 1 aliphatic rings. The summed E-state index contributed by atoms with van der Waals surface area (Å²) in [6.07, 6.45) is 4.05. The topological polar surface area (TPSA) is 23.5 Å². The minimum absolute atomic E-state index is 0.323. The van der Waals surface area contributed by atoms with Crippen LogP contribution in [0.15, 0.2) is 0 Å². The average molecular weight is 171 g/mol. The van der Waals surface area contributed by atoms with Crippen molar-refractivity contribution in [2.45, 2.75) is 39.2 Å². The van der Waals surface area contributed by atoms with Gasteiger partial charge < -0.3 is 10.0 Å². The molecule has 72 valence electrons. The molecular weight excluding hydrogens is 150 g/mol. The van der Waals surface area contributed by atoms with Gasteiger partial charge in [-0.2, -0.15) is 0 Å². The van der Waals surface area contributed by atoms with E-state index in [1.54, 1.807) is 0 Å². The van der Waals surface area contributed by atoms with Gasteiger partial charge in [-0.25, -0.2) is 0 Å². The lowest BCUT2D eigenvalue weighted by atomic mass is 10.0. The molecule has 0 aromatic carbocycles. The first-order valence-corrected chi connectivity index (χ1v) is 5.09. The molecule has 0 amide bonds. The second kappa shape index (κ2) is 4.83. The Labute approximate surface area is 75.6 Å². The van der Waals surface area contributed by atoms with Crippen LogP contribution in [0.5, 0.6) is 0 Å². The van der Waals surface area contributed by atoms with Crippen molar-refractivity contribution in [2.75, 3.05) is 19.7 Å². The van der Waals surface area contributed by atoms with E-state index < -0.39 is 0 Å². The van der Waals surface area contributed by atoms with Gasteiger partial charge in [-0.3, -0.25) is 0 Å². The number of hydrogen-bond donors (Lipinski definition) is 1. The van der Waals surface area contributed by atoms with Gasteiger partial charge in [0.2, 0.25) is 0 Å². The van der Waals surface area contributed by atoms with Gasteiger partial charge in [0.15, 0.2) is 0 Å². The van der Waals surface area contributed by atoms with Crippen LogP contribution in [0.3, 0.4) is 0 Å². The van der Waals surface area contributed by atoms with Crippen LogP contribution in [0.25, 0.3) is 0 Å². The van der Waals surface area contributed by atoms with Gasteiger partial charge >= 0.3 is 0 Å². The van der Waals surface area contributed by atoms with E-state index in [2.05, 4.69) is 18.7 Å². The largest absolute Gasteiger partial charge is 0.396 e. The maximum Gasteiger partial charge on any atom is 0.0468 e. The van der Waals surface area contributed by atoms with E-state index in [9.17, 15) is 0 Å². The van der Waals surface area contributed by atoms with Crippen molar-refractivity contribution in [1.82, 2.24) is 4.90 Å². The highest BCUT2D eigenvalue weighted by Gasteiger charge is 2.19. The summed E-state index contributed by atoms with van der Waals surface area (Å²) in [5.74, 6) is 0.436. The first kappa shape index (κ1) is 10.0. The monoisotopic (exact) mass is 171 g/mol. The van der Waals surface area contributed by atoms with Crippen LogP contribution in [0.2, 0.25) is 0 Å². The molecule has 1 rings (SSSR count). The minimum Gasteiger partial charge on any atom is -0.396 e. The van der Waals surface area contributed by atoms with Crippen LogP contribution >= 0.6 is 0 Å². The lowest BCUT2D eigenvalue weighted by Crippen LogP contribution is -2.40. The number of aliphatic hydroxyl groups excluding tert-OH is 1. The van der Waals surface area contributed by atoms with E-state index in [0.717, 1.165) is 12.6 Å². The summed E-state index contributed by atoms with van der Waals surface area (Å²) in [5.41, 5.74) is 0. The molecule has 0 aromatic heterocycles. The Morgan fingerprint density at radius 2 is 2.25 bits per heavy atom. The Morgan fingerprint density at radius 1 is 1.50 bits per heavy atom. The first-order valence-electron chi connectivity index (χ1n) is 5.09. The number of aliphatic hydroxyl groups is 1. The molecule has 0 bridgehead atoms. The molecule has 1 saturated heterocycles. The molecule has 0 unspecified atom stereocenters. The number of piperidine rings is 1. The Bertz CT molecular complexity index is 127. The Kier molecular flexibility index (Phi) is 4.02. The molecule has 1 fully saturated rings. The molecular formula is C10H21NO. The van der Waals surface area contributed by atoms with E-state index in [-0.39, 0.29) is 0 Å². The second-order valence-corrected chi connectivity index (χ2v) is 4.13. The molecule has 2 heteroatoms. The number of likely N-dealkylation sites (tertiary alicyclic amines) is 1. The summed E-state index contributed by atoms with van der Waals surface area (Å²) >= 11 is 0. The highest BCUT2D eigenvalue weighted by atomic mass is 16.3. The standard InChI is InChI=1S/C10H21NO/c1-9(8-12)7-11-6-4-3-5-10(11)2/h9-10,12H,3-8H2,1-2H3/t9-,10-/m0/s1. The molecule has 1 heterocycles. The molecule has 12 heavy (non-hydrogen) atoms. The van der Waals surface area contributed by atoms with Crippen molar-refractivity contribution in [3.05, 3.63) is 0 Å². The summed E-state index contributed by atoms with van der Waals surface area (Å²) in [7, 11) is 0. The van der Waals surface area contributed by atoms with Crippen molar-refractivity contribution in [2.24, 2.45) is 5.92 Å². The third-order valence-electron chi connectivity index (χ3n) is 2.80. The fraction of sp³-hybridized carbons (Fsp3) is 1.00. The van der Waals surface area contributed by atoms with Crippen LogP contribution in [0.1, 0.15) is 33.1 Å². The van der Waals surface area contributed by atoms with Gasteiger partial charge in [-0.05, 0) is 32.2 Å². The lowest BCUT2D eigenvalue weighted by Gasteiger charge is -2.34. The number of nitrogens with zero attached hydrogens (tertiary/aromatic N) is 1. The predicted molar refractivity (Wildman–Crippen MR) is 51.1 cm³/mol. The fourth-order valence-electron chi connectivity index (χ4n) is 1.89. The maximum atomic E-state index is 8.93. The third kappa shape index (κ3) is 2.76. The predicted octanol–water partition coefficient (Wildman–Crippen LogP) is 1.49. The molecule has 2 atom stereocenters. The van der Waals surface area contributed by atoms with Crippen molar-refractivity contribution >= 4 is 0 Å². The van der Waals surface area contributed by atoms with Gasteiger partial charge in [0.25, 0.3) is 0 Å². The second-order valence-electron chi connectivity index (χ2n) is 4.13. The highest BCUT2D eigenvalue weighted by molar-refractivity contribution is 4.74. The smallest absolute Gasteiger partial charge is 0.0468 e. The number of hydrogen-bond acceptors (Lipinski definition) is 2. The molecule has 1 N–H and O–H groups in total. The zero-order chi connectivity index (χ0) is 8.97. The summed E-state index contributed by atoms with van der Waals surface area (Å²) < 4.78 is 0. The van der Waals surface area contributed by atoms with Gasteiger partial charge in [-0.1, -0.05) is 13.3 Å². The van der Waals surface area contributed by atoms with E-state index in [1.807, 2.05) is 0 Å². The zero-order valence-corrected chi connectivity index (χ0v) is 8.29. The van der Waals surface area contributed by atoms with Gasteiger partial charge in [0.05, 0.1) is 0 Å². The summed E-state index contributed by atoms with van der Waals surface area (Å²) in [4.78, 5) is 2.50. The fourth-order valence-corrected chi connectivity index (χ4v) is 1.89. The van der Waals surface area contributed by atoms with Gasteiger partial charge in [0.1, 0.15) is 0 Å². The van der Waals surface area contributed by atoms with Crippen LogP contribution < -0.4 is 0 Å². The number of rotatable bonds is 3. The maximum absolute atomic E-state index is 8.93. The Hall–Kier alpha value is -0.0800. The summed E-state index contributed by atoms with van der Waals surface area (Å²) in [6.45, 7) is 7.02. The van der Waals surface area contributed by atoms with Crippen molar-refractivity contribution in [3.8, 4) is 0 Å². The van der Waals surface area contributed by atoms with Crippen molar-refractivity contribution in [1.29, 1.82) is 0 Å². The van der Waals surface area contributed by atoms with Crippen LogP contribution in [0, 0.1) is 5.92 Å². The van der Waals surface area contributed by atoms with Crippen LogP contribution in [-0.4, -0.2) is 35.7 Å². The molecule has 1 aliphatic heterocycles. The van der Waals surface area contributed by atoms with Gasteiger partial charge in [-0.15, -0.1) is 0 Å². The van der Waals surface area contributed by atoms with Crippen molar-refractivity contribution < 1.29 is 5.11 Å². The minimum atomic E-state index is 0.323. The molecule has 0 aromatic rings. The van der Waals surface area contributed by atoms with E-state index in [1.165, 1.54) is 25.8 Å². The molecule has 0 saturated carbocycles. The Balaban J connectivity index is 2.28. The van der Waals surface area contributed by atoms with Crippen LogP contribution in [0.4, 0.5) is 0 Å². The molecule has 2 nitrogen and oxygen atoms in total. The highest BCUT2D eigenvalue weighted by Crippen LogP contribution is 2.17. The normalized spacial score (nSPS) is 28.8. The third-order valence-corrected chi connectivity index (χ3v) is 2.80. The van der Waals surface area contributed by atoms with E-state index >= 15 is 0 Å². The van der Waals surface area contributed by atoms with Crippen molar-refractivity contribution in [3.63, 3.8) is 0 Å². The molecule has 0 radical (unpaired) electrons. The SMILES string of the molecule is C[C@H](CO)CN1CCCC[C@@H]1C. The molecule has 0 spiro atoms. The zero-order valence-electron chi connectivity index (χ0n) is 8.29. The first-order chi connectivity index (χ1) is 5.74. The summed E-state index contributed by atoms with van der Waals surface area (Å²) in [5, 5.41) is 8.93. The molecule has 0 aliphatic carbocycles. The van der Waals surface area contributed by atoms with E-state index in [4.69, 9.17) is 5.11 Å². The Morgan fingerprint density at radius 3 is 2.83 bits per heavy atom. The summed E-state index contributed by atoms with van der Waals surface area (Å²) in [6, 6.07) is 0.729. The quantitative estimate of drug-likeness (QED) is 0.695. The van der Waals surface area contributed by atoms with E-state index in [0.29, 0.717) is 12.5 Å².